The van der Waals surface area contributed by atoms with Gasteiger partial charge in [0.2, 0.25) is 5.91 Å². The van der Waals surface area contributed by atoms with Crippen LogP contribution in [0.5, 0.6) is 0 Å². The number of benzene rings is 1. The minimum absolute atomic E-state index is 0.0812. The Morgan fingerprint density at radius 3 is 2.30 bits per heavy atom. The number of amides is 1. The van der Waals surface area contributed by atoms with E-state index < -0.39 is 0 Å². The minimum atomic E-state index is 0.0812. The molecular weight excluding hydrogens is 336 g/mol. The van der Waals surface area contributed by atoms with Crippen LogP contribution < -0.4 is 10.2 Å². The number of piperazine rings is 1. The van der Waals surface area contributed by atoms with Crippen LogP contribution in [-0.4, -0.2) is 49.0 Å². The Hall–Kier alpha value is -2.40. The van der Waals surface area contributed by atoms with E-state index in [1.165, 1.54) is 11.1 Å². The summed E-state index contributed by atoms with van der Waals surface area (Å²) in [6, 6.07) is 12.6. The zero-order valence-corrected chi connectivity index (χ0v) is 16.4. The molecule has 0 radical (unpaired) electrons. The van der Waals surface area contributed by atoms with Gasteiger partial charge in [-0.3, -0.25) is 4.79 Å². The smallest absolute Gasteiger partial charge is 0.220 e. The quantitative estimate of drug-likeness (QED) is 0.818. The second-order valence-corrected chi connectivity index (χ2v) is 7.26. The fourth-order valence-corrected chi connectivity index (χ4v) is 3.23. The van der Waals surface area contributed by atoms with Crippen LogP contribution in [0.1, 0.15) is 30.0 Å². The summed E-state index contributed by atoms with van der Waals surface area (Å²) in [6.07, 6.45) is 4.20. The Morgan fingerprint density at radius 2 is 1.67 bits per heavy atom. The summed E-state index contributed by atoms with van der Waals surface area (Å²) in [5, 5.41) is 3.00. The van der Waals surface area contributed by atoms with E-state index in [9.17, 15) is 4.79 Å². The van der Waals surface area contributed by atoms with E-state index >= 15 is 0 Å². The molecule has 0 aliphatic carbocycles. The topological polar surface area (TPSA) is 48.5 Å². The van der Waals surface area contributed by atoms with E-state index in [0.29, 0.717) is 13.0 Å². The van der Waals surface area contributed by atoms with Crippen molar-refractivity contribution in [3.63, 3.8) is 0 Å². The highest BCUT2D eigenvalue weighted by Gasteiger charge is 2.15. The fraction of sp³-hybridized carbons (Fsp3) is 0.455. The van der Waals surface area contributed by atoms with Gasteiger partial charge in [-0.25, -0.2) is 4.98 Å². The molecule has 3 rings (SSSR count). The monoisotopic (exact) mass is 366 g/mol. The highest BCUT2D eigenvalue weighted by molar-refractivity contribution is 5.76. The highest BCUT2D eigenvalue weighted by atomic mass is 16.1. The number of nitrogens with zero attached hydrogens (tertiary/aromatic N) is 3. The summed E-state index contributed by atoms with van der Waals surface area (Å²) in [5.41, 5.74) is 3.57. The summed E-state index contributed by atoms with van der Waals surface area (Å²) in [5.74, 6) is 1.10. The van der Waals surface area contributed by atoms with Gasteiger partial charge in [0.05, 0.1) is 0 Å². The zero-order chi connectivity index (χ0) is 19.1. The van der Waals surface area contributed by atoms with E-state index in [1.54, 1.807) is 0 Å². The third-order valence-electron chi connectivity index (χ3n) is 5.20. The van der Waals surface area contributed by atoms with Gasteiger partial charge in [0.1, 0.15) is 5.82 Å². The summed E-state index contributed by atoms with van der Waals surface area (Å²) in [7, 11) is 2.15. The van der Waals surface area contributed by atoms with Crippen LogP contribution in [0.3, 0.4) is 0 Å². The summed E-state index contributed by atoms with van der Waals surface area (Å²) >= 11 is 0. The molecular formula is C22H30N4O. The van der Waals surface area contributed by atoms with Crippen LogP contribution in [-0.2, 0) is 24.2 Å². The number of rotatable bonds is 7. The molecule has 2 heterocycles. The first-order valence-corrected chi connectivity index (χ1v) is 9.87. The molecule has 1 aliphatic rings. The molecule has 1 aromatic heterocycles. The third kappa shape index (κ3) is 5.79. The maximum atomic E-state index is 12.1. The van der Waals surface area contributed by atoms with Crippen LogP contribution in [0, 0.1) is 0 Å². The van der Waals surface area contributed by atoms with Crippen LogP contribution in [0.25, 0.3) is 0 Å². The molecule has 1 saturated heterocycles. The van der Waals surface area contributed by atoms with E-state index in [-0.39, 0.29) is 5.91 Å². The molecule has 1 amide bonds. The average molecular weight is 367 g/mol. The number of aryl methyl sites for hydroxylation is 2. The lowest BCUT2D eigenvalue weighted by Gasteiger charge is -2.33. The van der Waals surface area contributed by atoms with Crippen molar-refractivity contribution in [1.29, 1.82) is 0 Å². The van der Waals surface area contributed by atoms with E-state index in [1.807, 2.05) is 6.20 Å². The molecule has 27 heavy (non-hydrogen) atoms. The lowest BCUT2D eigenvalue weighted by molar-refractivity contribution is -0.121. The minimum Gasteiger partial charge on any atom is -0.354 e. The van der Waals surface area contributed by atoms with Crippen molar-refractivity contribution in [3.05, 3.63) is 59.3 Å². The van der Waals surface area contributed by atoms with Crippen molar-refractivity contribution in [2.24, 2.45) is 0 Å². The zero-order valence-electron chi connectivity index (χ0n) is 16.4. The molecule has 1 aliphatic heterocycles. The number of hydrogen-bond donors (Lipinski definition) is 1. The Bertz CT molecular complexity index is 719. The molecule has 0 bridgehead atoms. The van der Waals surface area contributed by atoms with Crippen molar-refractivity contribution >= 4 is 11.7 Å². The molecule has 5 heteroatoms. The van der Waals surface area contributed by atoms with Crippen molar-refractivity contribution in [2.75, 3.05) is 38.1 Å². The summed E-state index contributed by atoms with van der Waals surface area (Å²) in [4.78, 5) is 21.3. The van der Waals surface area contributed by atoms with Gasteiger partial charge in [0, 0.05) is 45.3 Å². The SMILES string of the molecule is CCc1ccc(CCC(=O)NCc2ccc(N3CCN(C)CC3)nc2)cc1. The number of aromatic nitrogens is 1. The Morgan fingerprint density at radius 1 is 1.00 bits per heavy atom. The maximum absolute atomic E-state index is 12.1. The van der Waals surface area contributed by atoms with Gasteiger partial charge >= 0.3 is 0 Å². The Balaban J connectivity index is 1.41. The van der Waals surface area contributed by atoms with Crippen molar-refractivity contribution in [2.45, 2.75) is 32.7 Å². The second kappa shape index (κ2) is 9.51. The molecule has 1 fully saturated rings. The molecule has 0 saturated carbocycles. The number of nitrogens with one attached hydrogen (secondary N) is 1. The van der Waals surface area contributed by atoms with Gasteiger partial charge in [0.15, 0.2) is 0 Å². The van der Waals surface area contributed by atoms with Crippen molar-refractivity contribution in [3.8, 4) is 0 Å². The first kappa shape index (κ1) is 19.4. The van der Waals surface area contributed by atoms with Crippen molar-refractivity contribution in [1.82, 2.24) is 15.2 Å². The van der Waals surface area contributed by atoms with Gasteiger partial charge in [-0.1, -0.05) is 37.3 Å². The van der Waals surface area contributed by atoms with Crippen LogP contribution in [0.2, 0.25) is 0 Å². The van der Waals surface area contributed by atoms with Crippen molar-refractivity contribution < 1.29 is 4.79 Å². The summed E-state index contributed by atoms with van der Waals surface area (Å²) < 4.78 is 0. The predicted octanol–water partition coefficient (Wildman–Crippen LogP) is 2.64. The highest BCUT2D eigenvalue weighted by Crippen LogP contribution is 2.13. The largest absolute Gasteiger partial charge is 0.354 e. The lowest BCUT2D eigenvalue weighted by atomic mass is 10.1. The molecule has 2 aromatic rings. The lowest BCUT2D eigenvalue weighted by Crippen LogP contribution is -2.44. The van der Waals surface area contributed by atoms with Gasteiger partial charge in [-0.05, 0) is 42.6 Å². The molecule has 1 aromatic carbocycles. The van der Waals surface area contributed by atoms with Gasteiger partial charge in [-0.2, -0.15) is 0 Å². The molecule has 1 N–H and O–H groups in total. The number of pyridine rings is 1. The number of carbonyl (C=O) groups excluding carboxylic acids is 1. The normalized spacial score (nSPS) is 15.0. The number of hydrogen-bond acceptors (Lipinski definition) is 4. The van der Waals surface area contributed by atoms with Crippen LogP contribution in [0.15, 0.2) is 42.6 Å². The Labute approximate surface area is 162 Å². The number of carbonyl (C=O) groups is 1. The van der Waals surface area contributed by atoms with E-state index in [4.69, 9.17) is 0 Å². The molecule has 144 valence electrons. The van der Waals surface area contributed by atoms with E-state index in [0.717, 1.165) is 50.4 Å². The second-order valence-electron chi connectivity index (χ2n) is 7.26. The Kier molecular flexibility index (Phi) is 6.82. The van der Waals surface area contributed by atoms with Gasteiger partial charge < -0.3 is 15.1 Å². The first-order chi connectivity index (χ1) is 13.1. The van der Waals surface area contributed by atoms with E-state index in [2.05, 4.69) is 70.5 Å². The summed E-state index contributed by atoms with van der Waals surface area (Å²) in [6.45, 7) is 6.84. The molecule has 0 spiro atoms. The average Bonchev–Trinajstić information content (AvgIpc) is 2.72. The van der Waals surface area contributed by atoms with Gasteiger partial charge in [0.25, 0.3) is 0 Å². The fourth-order valence-electron chi connectivity index (χ4n) is 3.23. The third-order valence-corrected chi connectivity index (χ3v) is 5.20. The van der Waals surface area contributed by atoms with Gasteiger partial charge in [-0.15, -0.1) is 0 Å². The number of likely N-dealkylation sites (N-methyl/N-ethyl adjacent to an activating group) is 1. The predicted molar refractivity (Wildman–Crippen MR) is 110 cm³/mol. The van der Waals surface area contributed by atoms with Crippen LogP contribution in [0.4, 0.5) is 5.82 Å². The number of anilines is 1. The van der Waals surface area contributed by atoms with Crippen LogP contribution >= 0.6 is 0 Å². The molecule has 0 unspecified atom stereocenters. The first-order valence-electron chi connectivity index (χ1n) is 9.87. The molecule has 0 atom stereocenters. The standard InChI is InChI=1S/C22H30N4O/c1-3-18-4-6-19(7-5-18)9-11-22(27)24-17-20-8-10-21(23-16-20)26-14-12-25(2)13-15-26/h4-8,10,16H,3,9,11-15,17H2,1-2H3,(H,24,27). The molecule has 5 nitrogen and oxygen atoms in total. The maximum Gasteiger partial charge on any atom is 0.220 e.